The van der Waals surface area contributed by atoms with Crippen molar-refractivity contribution >= 4 is 55.3 Å². The summed E-state index contributed by atoms with van der Waals surface area (Å²) in [6.07, 6.45) is 0.813. The van der Waals surface area contributed by atoms with Crippen LogP contribution in [0.1, 0.15) is 34.8 Å². The van der Waals surface area contributed by atoms with Gasteiger partial charge in [0.1, 0.15) is 5.75 Å². The molecule has 0 aliphatic carbocycles. The number of hydrazine groups is 1. The summed E-state index contributed by atoms with van der Waals surface area (Å²) in [5, 5.41) is 9.74. The molecule has 1 aliphatic rings. The molecule has 0 fully saturated rings. The van der Waals surface area contributed by atoms with Gasteiger partial charge in [0.2, 0.25) is 5.90 Å². The lowest BCUT2D eigenvalue weighted by Gasteiger charge is -2.31. The lowest BCUT2D eigenvalue weighted by Crippen LogP contribution is -2.54. The van der Waals surface area contributed by atoms with Crippen LogP contribution < -0.4 is 15.6 Å². The lowest BCUT2D eigenvalue weighted by atomic mass is 9.82. The molecule has 1 heterocycles. The molecule has 4 aromatic rings. The molecule has 0 saturated carbocycles. The van der Waals surface area contributed by atoms with E-state index in [2.05, 4.69) is 42.7 Å². The molecule has 0 bridgehead atoms. The Labute approximate surface area is 278 Å². The van der Waals surface area contributed by atoms with E-state index >= 15 is 0 Å². The molecular weight excluding hydrogens is 710 g/mol. The lowest BCUT2D eigenvalue weighted by molar-refractivity contribution is -0.130. The third-order valence-electron chi connectivity index (χ3n) is 7.26. The van der Waals surface area contributed by atoms with Crippen LogP contribution in [0.3, 0.4) is 0 Å². The molecule has 2 atom stereocenters. The molecule has 0 spiro atoms. The summed E-state index contributed by atoms with van der Waals surface area (Å²) in [6.45, 7) is 0.993. The molecule has 5 rings (SSSR count). The number of nitrogens with zero attached hydrogens (tertiary/aromatic N) is 1. The number of aliphatic imine (C=N–C) groups is 1. The van der Waals surface area contributed by atoms with Crippen molar-refractivity contribution in [3.8, 4) is 5.75 Å². The minimum atomic E-state index is -1.34. The van der Waals surface area contributed by atoms with Crippen molar-refractivity contribution in [3.05, 3.63) is 133 Å². The maximum atomic E-state index is 14.3. The number of halogens is 3. The Morgan fingerprint density at radius 1 is 0.955 bits per heavy atom. The Bertz CT molecular complexity index is 1580. The Morgan fingerprint density at radius 3 is 2.36 bits per heavy atom. The Morgan fingerprint density at radius 2 is 1.66 bits per heavy atom. The van der Waals surface area contributed by atoms with Gasteiger partial charge in [-0.3, -0.25) is 10.2 Å². The molecule has 228 valence electrons. The van der Waals surface area contributed by atoms with Gasteiger partial charge in [0.25, 0.3) is 5.91 Å². The van der Waals surface area contributed by atoms with E-state index in [4.69, 9.17) is 31.2 Å². The first-order valence-electron chi connectivity index (χ1n) is 14.3. The van der Waals surface area contributed by atoms with E-state index in [1.165, 1.54) is 0 Å². The van der Waals surface area contributed by atoms with E-state index in [0.717, 1.165) is 31.2 Å². The fraction of sp³-hybridized carbons (Fsp3) is 0.235. The highest BCUT2D eigenvalue weighted by molar-refractivity contribution is 9.10. The Kier molecular flexibility index (Phi) is 11.1. The summed E-state index contributed by atoms with van der Waals surface area (Å²) in [5.74, 6) is 0.726. The van der Waals surface area contributed by atoms with Gasteiger partial charge in [-0.1, -0.05) is 85.9 Å². The maximum Gasteiger partial charge on any atom is 0.266 e. The summed E-state index contributed by atoms with van der Waals surface area (Å²) >= 11 is 13.2. The van der Waals surface area contributed by atoms with Gasteiger partial charge in [0.15, 0.2) is 11.6 Å². The second-order valence-corrected chi connectivity index (χ2v) is 12.6. The summed E-state index contributed by atoms with van der Waals surface area (Å²) in [5.41, 5.74) is 8.27. The average molecular weight is 742 g/mol. The standard InChI is InChI=1S/C34H32Br2ClN3O4/c35-26-12-6-24(7-13-26)22-34(33(42)40-38-19-18-23-8-14-27(37)15-9-23)31(29-4-1-2-5-30(29)36)44-32(39-34)25-10-16-28(17-11-25)43-21-3-20-41/h1-2,4-17,31,38,41H,3,18-22H2,(H,40,42)/t31-,34-/m0/s1. The van der Waals surface area contributed by atoms with Crippen LogP contribution in [0.4, 0.5) is 0 Å². The van der Waals surface area contributed by atoms with E-state index < -0.39 is 11.6 Å². The number of amides is 1. The number of benzene rings is 4. The third kappa shape index (κ3) is 7.89. The van der Waals surface area contributed by atoms with Crippen molar-refractivity contribution in [2.24, 2.45) is 4.99 Å². The number of carbonyl (C=O) groups is 1. The zero-order valence-electron chi connectivity index (χ0n) is 23.8. The maximum absolute atomic E-state index is 14.3. The fourth-order valence-corrected chi connectivity index (χ4v) is 5.85. The minimum Gasteiger partial charge on any atom is -0.494 e. The van der Waals surface area contributed by atoms with E-state index in [0.29, 0.717) is 49.1 Å². The SMILES string of the molecule is O=C(NNCCc1ccc(Cl)cc1)[C@@]1(Cc2ccc(Br)cc2)N=C(c2ccc(OCCCO)cc2)O[C@H]1c1ccccc1Br. The number of hydrogen-bond acceptors (Lipinski definition) is 6. The van der Waals surface area contributed by atoms with Crippen molar-refractivity contribution in [2.45, 2.75) is 30.9 Å². The van der Waals surface area contributed by atoms with Gasteiger partial charge in [-0.05, 0) is 72.1 Å². The van der Waals surface area contributed by atoms with Crippen LogP contribution in [-0.2, 0) is 22.4 Å². The summed E-state index contributed by atoms with van der Waals surface area (Å²) in [7, 11) is 0. The van der Waals surface area contributed by atoms with E-state index in [1.54, 1.807) is 0 Å². The largest absolute Gasteiger partial charge is 0.494 e. The van der Waals surface area contributed by atoms with E-state index in [9.17, 15) is 4.79 Å². The fourth-order valence-electron chi connectivity index (χ4n) is 4.97. The first-order valence-corrected chi connectivity index (χ1v) is 16.2. The summed E-state index contributed by atoms with van der Waals surface area (Å²) in [6, 6.07) is 30.6. The number of nitrogens with one attached hydrogen (secondary N) is 2. The van der Waals surface area contributed by atoms with Crippen molar-refractivity contribution in [1.29, 1.82) is 0 Å². The van der Waals surface area contributed by atoms with Crippen LogP contribution in [0.5, 0.6) is 5.75 Å². The molecule has 0 aromatic heterocycles. The molecule has 7 nitrogen and oxygen atoms in total. The van der Waals surface area contributed by atoms with Crippen molar-refractivity contribution in [1.82, 2.24) is 10.9 Å². The zero-order chi connectivity index (χ0) is 30.9. The average Bonchev–Trinajstić information content (AvgIpc) is 3.42. The highest BCUT2D eigenvalue weighted by Gasteiger charge is 2.53. The van der Waals surface area contributed by atoms with Gasteiger partial charge in [-0.15, -0.1) is 0 Å². The minimum absolute atomic E-state index is 0.0671. The number of aliphatic hydroxyl groups excluding tert-OH is 1. The predicted octanol–water partition coefficient (Wildman–Crippen LogP) is 6.99. The molecule has 10 heteroatoms. The van der Waals surface area contributed by atoms with Crippen LogP contribution in [-0.4, -0.2) is 42.2 Å². The Balaban J connectivity index is 1.47. The molecule has 0 unspecified atom stereocenters. The quantitative estimate of drug-likeness (QED) is 0.102. The molecule has 0 saturated heterocycles. The number of hydrogen-bond donors (Lipinski definition) is 3. The van der Waals surface area contributed by atoms with Gasteiger partial charge in [0.05, 0.1) is 6.61 Å². The van der Waals surface area contributed by atoms with E-state index in [-0.39, 0.29) is 12.5 Å². The van der Waals surface area contributed by atoms with E-state index in [1.807, 2.05) is 97.1 Å². The van der Waals surface area contributed by atoms with Gasteiger partial charge >= 0.3 is 0 Å². The first kappa shape index (κ1) is 32.2. The molecule has 1 aliphatic heterocycles. The van der Waals surface area contributed by atoms with Crippen molar-refractivity contribution in [3.63, 3.8) is 0 Å². The van der Waals surface area contributed by atoms with Crippen molar-refractivity contribution in [2.75, 3.05) is 19.8 Å². The summed E-state index contributed by atoms with van der Waals surface area (Å²) in [4.78, 5) is 19.4. The molecule has 4 aromatic carbocycles. The van der Waals surface area contributed by atoms with Gasteiger partial charge in [-0.25, -0.2) is 10.4 Å². The zero-order valence-corrected chi connectivity index (χ0v) is 27.7. The molecule has 3 N–H and O–H groups in total. The number of rotatable bonds is 13. The molecule has 1 amide bonds. The molecular formula is C34H32Br2ClN3O4. The normalized spacial score (nSPS) is 17.5. The third-order valence-corrected chi connectivity index (χ3v) is 8.76. The van der Waals surface area contributed by atoms with Crippen LogP contribution in [0.25, 0.3) is 0 Å². The smallest absolute Gasteiger partial charge is 0.266 e. The molecule has 44 heavy (non-hydrogen) atoms. The van der Waals surface area contributed by atoms with Crippen LogP contribution in [0.2, 0.25) is 5.02 Å². The van der Waals surface area contributed by atoms with Gasteiger partial charge in [0, 0.05) is 51.1 Å². The summed E-state index contributed by atoms with van der Waals surface area (Å²) < 4.78 is 14.1. The highest BCUT2D eigenvalue weighted by Crippen LogP contribution is 2.44. The first-order chi connectivity index (χ1) is 21.4. The second kappa shape index (κ2) is 15.2. The van der Waals surface area contributed by atoms with Gasteiger partial charge < -0.3 is 14.6 Å². The van der Waals surface area contributed by atoms with Gasteiger partial charge in [-0.2, -0.15) is 0 Å². The van der Waals surface area contributed by atoms with Crippen molar-refractivity contribution < 1.29 is 19.4 Å². The number of carbonyl (C=O) groups excluding carboxylic acids is 1. The predicted molar refractivity (Wildman–Crippen MR) is 180 cm³/mol. The van der Waals surface area contributed by atoms with Crippen LogP contribution in [0, 0.1) is 0 Å². The second-order valence-electron chi connectivity index (χ2n) is 10.4. The Hall–Kier alpha value is -3.21. The molecule has 0 radical (unpaired) electrons. The number of ether oxygens (including phenoxy) is 2. The van der Waals surface area contributed by atoms with Crippen LogP contribution in [0.15, 0.2) is 111 Å². The number of aliphatic hydroxyl groups is 1. The highest BCUT2D eigenvalue weighted by atomic mass is 79.9. The topological polar surface area (TPSA) is 92.2 Å². The van der Waals surface area contributed by atoms with Crippen LogP contribution >= 0.6 is 43.5 Å². The monoisotopic (exact) mass is 739 g/mol.